The third kappa shape index (κ3) is 6.16. The van der Waals surface area contributed by atoms with E-state index in [1.807, 2.05) is 0 Å². The van der Waals surface area contributed by atoms with Gasteiger partial charge in [-0.15, -0.1) is 0 Å². The van der Waals surface area contributed by atoms with Crippen LogP contribution in [0.5, 0.6) is 0 Å². The maximum absolute atomic E-state index is 3.55. The van der Waals surface area contributed by atoms with Crippen molar-refractivity contribution in [1.29, 1.82) is 0 Å². The second kappa shape index (κ2) is 5.86. The molecule has 1 N–H and O–H groups in total. The zero-order valence-electron chi connectivity index (χ0n) is 11.0. The molecule has 90 valence electrons. The van der Waals surface area contributed by atoms with Crippen LogP contribution in [0, 0.1) is 11.3 Å². The fourth-order valence-corrected chi connectivity index (χ4v) is 2.19. The average Bonchev–Trinajstić information content (AvgIpc) is 2.11. The topological polar surface area (TPSA) is 15.3 Å². The minimum Gasteiger partial charge on any atom is -0.315 e. The molecule has 1 aliphatic rings. The Kier molecular flexibility index (Phi) is 5.07. The molecule has 1 saturated heterocycles. The summed E-state index contributed by atoms with van der Waals surface area (Å²) in [6.07, 6.45) is 2.81. The van der Waals surface area contributed by atoms with Gasteiger partial charge < -0.3 is 10.2 Å². The molecule has 1 aliphatic heterocycles. The van der Waals surface area contributed by atoms with Crippen LogP contribution >= 0.6 is 0 Å². The lowest BCUT2D eigenvalue weighted by Crippen LogP contribution is -2.40. The maximum atomic E-state index is 3.55. The van der Waals surface area contributed by atoms with Gasteiger partial charge in [0.25, 0.3) is 0 Å². The Morgan fingerprint density at radius 1 is 1.33 bits per heavy atom. The minimum absolute atomic E-state index is 0.412. The molecule has 15 heavy (non-hydrogen) atoms. The number of piperidine rings is 1. The third-order valence-corrected chi connectivity index (χ3v) is 3.00. The van der Waals surface area contributed by atoms with Gasteiger partial charge >= 0.3 is 0 Å². The molecule has 0 saturated carbocycles. The van der Waals surface area contributed by atoms with Crippen LogP contribution in [-0.2, 0) is 0 Å². The third-order valence-electron chi connectivity index (χ3n) is 3.00. The molecule has 1 fully saturated rings. The van der Waals surface area contributed by atoms with E-state index in [0.29, 0.717) is 5.41 Å². The standard InChI is InChI=1S/C13H28N2/c1-12-6-5-8-15(10-12)9-7-14-11-13(2,3)4/h12,14H,5-11H2,1-4H3. The molecule has 1 rings (SSSR count). The summed E-state index contributed by atoms with van der Waals surface area (Å²) in [5.74, 6) is 0.904. The first kappa shape index (κ1) is 13.0. The van der Waals surface area contributed by atoms with Gasteiger partial charge in [-0.3, -0.25) is 0 Å². The molecule has 2 heteroatoms. The van der Waals surface area contributed by atoms with Crippen molar-refractivity contribution >= 4 is 0 Å². The fraction of sp³-hybridized carbons (Fsp3) is 1.00. The summed E-state index contributed by atoms with van der Waals surface area (Å²) >= 11 is 0. The Bertz CT molecular complexity index is 172. The van der Waals surface area contributed by atoms with Gasteiger partial charge in [0.05, 0.1) is 0 Å². The smallest absolute Gasteiger partial charge is 0.0107 e. The molecule has 0 aromatic carbocycles. The van der Waals surface area contributed by atoms with Crippen molar-refractivity contribution in [3.05, 3.63) is 0 Å². The van der Waals surface area contributed by atoms with Crippen molar-refractivity contribution in [3.8, 4) is 0 Å². The molecule has 0 bridgehead atoms. The molecular weight excluding hydrogens is 184 g/mol. The van der Waals surface area contributed by atoms with Crippen LogP contribution in [0.4, 0.5) is 0 Å². The van der Waals surface area contributed by atoms with Crippen LogP contribution < -0.4 is 5.32 Å². The molecule has 0 radical (unpaired) electrons. The predicted octanol–water partition coefficient (Wildman–Crippen LogP) is 2.35. The van der Waals surface area contributed by atoms with Gasteiger partial charge in [-0.2, -0.15) is 0 Å². The van der Waals surface area contributed by atoms with Gasteiger partial charge in [0, 0.05) is 26.2 Å². The van der Waals surface area contributed by atoms with E-state index in [0.717, 1.165) is 19.0 Å². The summed E-state index contributed by atoms with van der Waals surface area (Å²) in [6, 6.07) is 0. The number of nitrogens with one attached hydrogen (secondary N) is 1. The quantitative estimate of drug-likeness (QED) is 0.720. The molecular formula is C13H28N2. The zero-order valence-corrected chi connectivity index (χ0v) is 11.0. The van der Waals surface area contributed by atoms with E-state index < -0.39 is 0 Å². The highest BCUT2D eigenvalue weighted by atomic mass is 15.1. The van der Waals surface area contributed by atoms with E-state index in [1.54, 1.807) is 0 Å². The first-order valence-electron chi connectivity index (χ1n) is 6.40. The molecule has 1 atom stereocenters. The van der Waals surface area contributed by atoms with Gasteiger partial charge in [0.15, 0.2) is 0 Å². The van der Waals surface area contributed by atoms with Crippen LogP contribution in [0.25, 0.3) is 0 Å². The Morgan fingerprint density at radius 2 is 2.07 bits per heavy atom. The normalized spacial score (nSPS) is 24.4. The molecule has 0 aromatic rings. The number of hydrogen-bond donors (Lipinski definition) is 1. The highest BCUT2D eigenvalue weighted by Crippen LogP contribution is 2.14. The first-order chi connectivity index (χ1) is 6.97. The van der Waals surface area contributed by atoms with Gasteiger partial charge in [-0.05, 0) is 30.7 Å². The van der Waals surface area contributed by atoms with Crippen molar-refractivity contribution in [3.63, 3.8) is 0 Å². The monoisotopic (exact) mass is 212 g/mol. The Hall–Kier alpha value is -0.0800. The van der Waals surface area contributed by atoms with Crippen molar-refractivity contribution in [2.75, 3.05) is 32.7 Å². The second-order valence-corrected chi connectivity index (χ2v) is 6.29. The summed E-state index contributed by atoms with van der Waals surface area (Å²) in [6.45, 7) is 15.3. The Balaban J connectivity index is 2.04. The number of rotatable bonds is 4. The van der Waals surface area contributed by atoms with Crippen molar-refractivity contribution in [2.45, 2.75) is 40.5 Å². The number of hydrogen-bond acceptors (Lipinski definition) is 2. The van der Waals surface area contributed by atoms with Gasteiger partial charge in [0.1, 0.15) is 0 Å². The average molecular weight is 212 g/mol. The van der Waals surface area contributed by atoms with Crippen molar-refractivity contribution in [1.82, 2.24) is 10.2 Å². The fourth-order valence-electron chi connectivity index (χ4n) is 2.19. The van der Waals surface area contributed by atoms with E-state index in [4.69, 9.17) is 0 Å². The van der Waals surface area contributed by atoms with E-state index in [-0.39, 0.29) is 0 Å². The Morgan fingerprint density at radius 3 is 2.67 bits per heavy atom. The van der Waals surface area contributed by atoms with Gasteiger partial charge in [-0.25, -0.2) is 0 Å². The molecule has 2 nitrogen and oxygen atoms in total. The van der Waals surface area contributed by atoms with E-state index in [9.17, 15) is 0 Å². The highest BCUT2D eigenvalue weighted by molar-refractivity contribution is 4.71. The van der Waals surface area contributed by atoms with Crippen LogP contribution in [-0.4, -0.2) is 37.6 Å². The summed E-state index contributed by atoms with van der Waals surface area (Å²) in [7, 11) is 0. The predicted molar refractivity (Wildman–Crippen MR) is 67.2 cm³/mol. The summed E-state index contributed by atoms with van der Waals surface area (Å²) in [4.78, 5) is 2.60. The molecule has 1 unspecified atom stereocenters. The molecule has 0 spiro atoms. The van der Waals surface area contributed by atoms with Crippen molar-refractivity contribution in [2.24, 2.45) is 11.3 Å². The van der Waals surface area contributed by atoms with Gasteiger partial charge in [0.2, 0.25) is 0 Å². The number of nitrogens with zero attached hydrogens (tertiary/aromatic N) is 1. The van der Waals surface area contributed by atoms with Gasteiger partial charge in [-0.1, -0.05) is 27.7 Å². The molecule has 0 aliphatic carbocycles. The summed E-state index contributed by atoms with van der Waals surface area (Å²) < 4.78 is 0. The lowest BCUT2D eigenvalue weighted by atomic mass is 9.97. The lowest BCUT2D eigenvalue weighted by Gasteiger charge is -2.31. The second-order valence-electron chi connectivity index (χ2n) is 6.29. The lowest BCUT2D eigenvalue weighted by molar-refractivity contribution is 0.182. The first-order valence-corrected chi connectivity index (χ1v) is 6.40. The van der Waals surface area contributed by atoms with E-state index in [1.165, 1.54) is 32.5 Å². The SMILES string of the molecule is CC1CCCN(CCNCC(C)(C)C)C1. The highest BCUT2D eigenvalue weighted by Gasteiger charge is 2.15. The Labute approximate surface area is 95.4 Å². The molecule has 0 amide bonds. The van der Waals surface area contributed by atoms with Crippen LogP contribution in [0.3, 0.4) is 0 Å². The van der Waals surface area contributed by atoms with Crippen molar-refractivity contribution < 1.29 is 0 Å². The van der Waals surface area contributed by atoms with Crippen LogP contribution in [0.15, 0.2) is 0 Å². The van der Waals surface area contributed by atoms with Crippen LogP contribution in [0.2, 0.25) is 0 Å². The minimum atomic E-state index is 0.412. The largest absolute Gasteiger partial charge is 0.315 e. The summed E-state index contributed by atoms with van der Waals surface area (Å²) in [5, 5.41) is 3.55. The van der Waals surface area contributed by atoms with Crippen LogP contribution in [0.1, 0.15) is 40.5 Å². The van der Waals surface area contributed by atoms with E-state index in [2.05, 4.69) is 37.9 Å². The summed E-state index contributed by atoms with van der Waals surface area (Å²) in [5.41, 5.74) is 0.412. The maximum Gasteiger partial charge on any atom is 0.0107 e. The molecule has 0 aromatic heterocycles. The number of likely N-dealkylation sites (tertiary alicyclic amines) is 1. The van der Waals surface area contributed by atoms with E-state index >= 15 is 0 Å². The molecule has 1 heterocycles. The zero-order chi connectivity index (χ0) is 11.3.